The fourth-order valence-corrected chi connectivity index (χ4v) is 3.03. The second kappa shape index (κ2) is 5.73. The summed E-state index contributed by atoms with van der Waals surface area (Å²) in [5, 5.41) is 3.44. The molecular weight excluding hydrogens is 250 g/mol. The third-order valence-electron chi connectivity index (χ3n) is 3.32. The number of hydrogen-bond donors (Lipinski definition) is 1. The second-order valence-corrected chi connectivity index (χ2v) is 7.31. The van der Waals surface area contributed by atoms with Crippen molar-refractivity contribution in [2.24, 2.45) is 0 Å². The summed E-state index contributed by atoms with van der Waals surface area (Å²) in [5.74, 6) is 1.10. The Bertz CT molecular complexity index is 475. The summed E-state index contributed by atoms with van der Waals surface area (Å²) in [7, 11) is -2.87. The average molecular weight is 271 g/mol. The van der Waals surface area contributed by atoms with Gasteiger partial charge in [-0.15, -0.1) is 0 Å². The molecule has 1 saturated carbocycles. The standard InChI is InChI=1S/C12H21N3O2S/c1-18(16,17)10-4-8-15-9-7-13-12(15)14-11-5-2-3-6-11/h7,9,11H,2-6,8,10H2,1H3,(H,13,14). The average Bonchev–Trinajstić information content (AvgIpc) is 2.90. The fraction of sp³-hybridized carbons (Fsp3) is 0.750. The fourth-order valence-electron chi connectivity index (χ4n) is 2.38. The molecular formula is C12H21N3O2S. The van der Waals surface area contributed by atoms with Gasteiger partial charge in [-0.3, -0.25) is 0 Å². The highest BCUT2D eigenvalue weighted by Gasteiger charge is 2.16. The van der Waals surface area contributed by atoms with Crippen LogP contribution < -0.4 is 5.32 Å². The maximum absolute atomic E-state index is 11.1. The predicted octanol–water partition coefficient (Wildman–Crippen LogP) is 1.67. The summed E-state index contributed by atoms with van der Waals surface area (Å²) in [6.45, 7) is 0.697. The smallest absolute Gasteiger partial charge is 0.202 e. The molecule has 0 saturated heterocycles. The van der Waals surface area contributed by atoms with Gasteiger partial charge in [0.15, 0.2) is 0 Å². The Morgan fingerprint density at radius 2 is 2.17 bits per heavy atom. The van der Waals surface area contributed by atoms with Crippen molar-refractivity contribution in [3.63, 3.8) is 0 Å². The van der Waals surface area contributed by atoms with E-state index in [0.29, 0.717) is 19.0 Å². The molecule has 102 valence electrons. The van der Waals surface area contributed by atoms with Crippen LogP contribution in [0.2, 0.25) is 0 Å². The van der Waals surface area contributed by atoms with Crippen molar-refractivity contribution >= 4 is 15.8 Å². The number of aromatic nitrogens is 2. The van der Waals surface area contributed by atoms with Crippen LogP contribution in [0, 0.1) is 0 Å². The molecule has 0 bridgehead atoms. The maximum Gasteiger partial charge on any atom is 0.202 e. The monoisotopic (exact) mass is 271 g/mol. The summed E-state index contributed by atoms with van der Waals surface area (Å²) in [6, 6.07) is 0.529. The molecule has 2 rings (SSSR count). The number of nitrogens with one attached hydrogen (secondary N) is 1. The van der Waals surface area contributed by atoms with Crippen LogP contribution in [-0.4, -0.2) is 36.0 Å². The lowest BCUT2D eigenvalue weighted by molar-refractivity contribution is 0.591. The van der Waals surface area contributed by atoms with Gasteiger partial charge >= 0.3 is 0 Å². The van der Waals surface area contributed by atoms with E-state index in [1.807, 2.05) is 10.8 Å². The third kappa shape index (κ3) is 4.01. The second-order valence-electron chi connectivity index (χ2n) is 5.05. The van der Waals surface area contributed by atoms with E-state index >= 15 is 0 Å². The van der Waals surface area contributed by atoms with Gasteiger partial charge in [-0.2, -0.15) is 0 Å². The van der Waals surface area contributed by atoms with E-state index in [-0.39, 0.29) is 5.75 Å². The molecule has 1 heterocycles. The molecule has 0 unspecified atom stereocenters. The quantitative estimate of drug-likeness (QED) is 0.855. The van der Waals surface area contributed by atoms with Gasteiger partial charge in [-0.05, 0) is 19.3 Å². The Balaban J connectivity index is 1.87. The molecule has 0 spiro atoms. The zero-order valence-corrected chi connectivity index (χ0v) is 11.6. The van der Waals surface area contributed by atoms with Crippen LogP contribution in [0.25, 0.3) is 0 Å². The van der Waals surface area contributed by atoms with Gasteiger partial charge in [0.1, 0.15) is 9.84 Å². The molecule has 1 aromatic rings. The Morgan fingerprint density at radius 1 is 1.44 bits per heavy atom. The first kappa shape index (κ1) is 13.4. The van der Waals surface area contributed by atoms with Gasteiger partial charge in [-0.1, -0.05) is 12.8 Å². The largest absolute Gasteiger partial charge is 0.353 e. The van der Waals surface area contributed by atoms with Crippen LogP contribution in [0.3, 0.4) is 0 Å². The molecule has 0 radical (unpaired) electrons. The van der Waals surface area contributed by atoms with Crippen LogP contribution in [0.15, 0.2) is 12.4 Å². The van der Waals surface area contributed by atoms with Crippen LogP contribution in [-0.2, 0) is 16.4 Å². The Labute approximate surface area is 109 Å². The van der Waals surface area contributed by atoms with Crippen molar-refractivity contribution in [2.45, 2.75) is 44.7 Å². The van der Waals surface area contributed by atoms with E-state index in [2.05, 4.69) is 10.3 Å². The molecule has 1 aliphatic carbocycles. The van der Waals surface area contributed by atoms with Gasteiger partial charge in [0.05, 0.1) is 5.75 Å². The number of sulfone groups is 1. The van der Waals surface area contributed by atoms with E-state index in [1.165, 1.54) is 31.9 Å². The minimum atomic E-state index is -2.87. The zero-order chi connectivity index (χ0) is 13.0. The third-order valence-corrected chi connectivity index (χ3v) is 4.35. The molecule has 1 N–H and O–H groups in total. The lowest BCUT2D eigenvalue weighted by Gasteiger charge is -2.14. The predicted molar refractivity (Wildman–Crippen MR) is 72.4 cm³/mol. The molecule has 1 aromatic heterocycles. The molecule has 1 aliphatic rings. The van der Waals surface area contributed by atoms with Crippen LogP contribution in [0.4, 0.5) is 5.95 Å². The summed E-state index contributed by atoms with van der Waals surface area (Å²) >= 11 is 0. The lowest BCUT2D eigenvalue weighted by atomic mass is 10.2. The molecule has 0 amide bonds. The highest BCUT2D eigenvalue weighted by atomic mass is 32.2. The van der Waals surface area contributed by atoms with Crippen LogP contribution >= 0.6 is 0 Å². The van der Waals surface area contributed by atoms with Gasteiger partial charge < -0.3 is 9.88 Å². The Hall–Kier alpha value is -1.04. The van der Waals surface area contributed by atoms with Gasteiger partial charge in [-0.25, -0.2) is 13.4 Å². The molecule has 5 nitrogen and oxygen atoms in total. The summed E-state index contributed by atoms with van der Waals surface area (Å²) in [4.78, 5) is 4.30. The van der Waals surface area contributed by atoms with Crippen molar-refractivity contribution < 1.29 is 8.42 Å². The van der Waals surface area contributed by atoms with Crippen molar-refractivity contribution in [1.82, 2.24) is 9.55 Å². The van der Waals surface area contributed by atoms with Crippen molar-refractivity contribution in [2.75, 3.05) is 17.3 Å². The Kier molecular flexibility index (Phi) is 4.27. The first-order valence-electron chi connectivity index (χ1n) is 6.50. The summed E-state index contributed by atoms with van der Waals surface area (Å²) in [6.07, 6.45) is 10.6. The molecule has 1 fully saturated rings. The van der Waals surface area contributed by atoms with Crippen LogP contribution in [0.5, 0.6) is 0 Å². The molecule has 0 aliphatic heterocycles. The molecule has 0 atom stereocenters. The minimum Gasteiger partial charge on any atom is -0.353 e. The number of rotatable bonds is 6. The topological polar surface area (TPSA) is 64.0 Å². The highest BCUT2D eigenvalue weighted by molar-refractivity contribution is 7.90. The van der Waals surface area contributed by atoms with Crippen LogP contribution in [0.1, 0.15) is 32.1 Å². The van der Waals surface area contributed by atoms with Gasteiger partial charge in [0.25, 0.3) is 0 Å². The lowest BCUT2D eigenvalue weighted by Crippen LogP contribution is -2.18. The van der Waals surface area contributed by atoms with E-state index in [0.717, 1.165) is 5.95 Å². The highest BCUT2D eigenvalue weighted by Crippen LogP contribution is 2.21. The zero-order valence-electron chi connectivity index (χ0n) is 10.8. The number of imidazole rings is 1. The Morgan fingerprint density at radius 3 is 2.83 bits per heavy atom. The number of aryl methyl sites for hydroxylation is 1. The van der Waals surface area contributed by atoms with E-state index < -0.39 is 9.84 Å². The SMILES string of the molecule is CS(=O)(=O)CCCn1ccnc1NC1CCCC1. The number of hydrogen-bond acceptors (Lipinski definition) is 4. The normalized spacial score (nSPS) is 17.2. The number of anilines is 1. The van der Waals surface area contributed by atoms with Crippen molar-refractivity contribution in [1.29, 1.82) is 0 Å². The van der Waals surface area contributed by atoms with E-state index in [4.69, 9.17) is 0 Å². The maximum atomic E-state index is 11.1. The molecule has 0 aromatic carbocycles. The minimum absolute atomic E-state index is 0.230. The summed E-state index contributed by atoms with van der Waals surface area (Å²) in [5.41, 5.74) is 0. The number of nitrogens with zero attached hydrogens (tertiary/aromatic N) is 2. The van der Waals surface area contributed by atoms with Crippen molar-refractivity contribution in [3.8, 4) is 0 Å². The van der Waals surface area contributed by atoms with Gasteiger partial charge in [0.2, 0.25) is 5.95 Å². The van der Waals surface area contributed by atoms with Crippen molar-refractivity contribution in [3.05, 3.63) is 12.4 Å². The first-order valence-corrected chi connectivity index (χ1v) is 8.56. The summed E-state index contributed by atoms with van der Waals surface area (Å²) < 4.78 is 24.2. The van der Waals surface area contributed by atoms with E-state index in [1.54, 1.807) is 6.20 Å². The first-order chi connectivity index (χ1) is 8.54. The molecule has 6 heteroatoms. The molecule has 18 heavy (non-hydrogen) atoms. The van der Waals surface area contributed by atoms with Gasteiger partial charge in [0, 0.05) is 31.2 Å². The van der Waals surface area contributed by atoms with E-state index in [9.17, 15) is 8.42 Å².